The molecule has 154 valence electrons. The lowest BCUT2D eigenvalue weighted by atomic mass is 9.89. The van der Waals surface area contributed by atoms with Gasteiger partial charge in [-0.15, -0.1) is 10.2 Å². The molecule has 2 aliphatic rings. The molecule has 2 atom stereocenters. The van der Waals surface area contributed by atoms with Crippen LogP contribution in [-0.2, 0) is 25.9 Å². The van der Waals surface area contributed by atoms with Crippen molar-refractivity contribution in [2.45, 2.75) is 25.9 Å². The molecule has 6 heteroatoms. The van der Waals surface area contributed by atoms with Gasteiger partial charge in [-0.1, -0.05) is 60.7 Å². The van der Waals surface area contributed by atoms with Crippen molar-refractivity contribution < 1.29 is 4.79 Å². The minimum atomic E-state index is -0.144. The molecule has 2 unspecified atom stereocenters. The first kappa shape index (κ1) is 19.0. The quantitative estimate of drug-likeness (QED) is 0.690. The zero-order chi connectivity index (χ0) is 20.3. The highest BCUT2D eigenvalue weighted by Crippen LogP contribution is 2.32. The third-order valence-corrected chi connectivity index (χ3v) is 6.40. The van der Waals surface area contributed by atoms with E-state index in [0.717, 1.165) is 50.4 Å². The molecule has 2 aromatic carbocycles. The number of rotatable bonds is 6. The maximum Gasteiger partial charge on any atom is 0.289 e. The van der Waals surface area contributed by atoms with Crippen LogP contribution in [0.3, 0.4) is 0 Å². The molecular weight excluding hydrogens is 374 g/mol. The number of hydrogen-bond acceptors (Lipinski definition) is 4. The Morgan fingerprint density at radius 2 is 1.60 bits per heavy atom. The Bertz CT molecular complexity index is 1000. The molecule has 5 rings (SSSR count). The smallest absolute Gasteiger partial charge is 0.289 e. The maximum absolute atomic E-state index is 12.7. The average molecular weight is 402 g/mol. The van der Waals surface area contributed by atoms with E-state index in [1.54, 1.807) is 0 Å². The number of likely N-dealkylation sites (tertiary alicyclic amines) is 1. The van der Waals surface area contributed by atoms with Gasteiger partial charge < -0.3 is 14.8 Å². The van der Waals surface area contributed by atoms with Crippen LogP contribution >= 0.6 is 0 Å². The highest BCUT2D eigenvalue weighted by molar-refractivity contribution is 5.90. The minimum absolute atomic E-state index is 0.144. The summed E-state index contributed by atoms with van der Waals surface area (Å²) in [4.78, 5) is 15.3. The number of carbonyl (C=O) groups excluding carboxylic acids is 1. The van der Waals surface area contributed by atoms with Crippen LogP contribution in [0.15, 0.2) is 60.7 Å². The van der Waals surface area contributed by atoms with E-state index in [-0.39, 0.29) is 5.91 Å². The van der Waals surface area contributed by atoms with Gasteiger partial charge in [0.1, 0.15) is 5.82 Å². The number of hydrogen-bond donors (Lipinski definition) is 1. The minimum Gasteiger partial charge on any atom is -0.345 e. The number of benzene rings is 2. The number of nitrogens with one attached hydrogen (secondary N) is 1. The van der Waals surface area contributed by atoms with Crippen LogP contribution in [0.5, 0.6) is 0 Å². The lowest BCUT2D eigenvalue weighted by Crippen LogP contribution is -2.32. The van der Waals surface area contributed by atoms with Gasteiger partial charge in [0.15, 0.2) is 0 Å². The number of fused-ring (bicyclic) bond motifs is 2. The second-order valence-corrected chi connectivity index (χ2v) is 8.44. The van der Waals surface area contributed by atoms with Crippen molar-refractivity contribution in [3.63, 3.8) is 0 Å². The average Bonchev–Trinajstić information content (AvgIpc) is 3.38. The number of nitrogens with zero attached hydrogens (tertiary/aromatic N) is 4. The first-order valence-corrected chi connectivity index (χ1v) is 10.8. The molecule has 3 aromatic rings. The standard InChI is InChI=1S/C24H27N5O/c30-24(25-14-19-9-5-2-6-10-19)23-27-26-22-13-20-15-28(16-21(20)17-29(22)23)12-11-18-7-3-1-4-8-18/h1-10,20-21H,11-17H2,(H,25,30). The molecular formula is C24H27N5O. The molecule has 1 fully saturated rings. The highest BCUT2D eigenvalue weighted by Gasteiger charge is 2.38. The van der Waals surface area contributed by atoms with Crippen molar-refractivity contribution >= 4 is 5.91 Å². The van der Waals surface area contributed by atoms with Crippen LogP contribution < -0.4 is 5.32 Å². The van der Waals surface area contributed by atoms with Crippen LogP contribution in [0, 0.1) is 11.8 Å². The van der Waals surface area contributed by atoms with Crippen molar-refractivity contribution in [3.05, 3.63) is 83.4 Å². The van der Waals surface area contributed by atoms with Crippen molar-refractivity contribution in [2.75, 3.05) is 19.6 Å². The Morgan fingerprint density at radius 1 is 0.900 bits per heavy atom. The van der Waals surface area contributed by atoms with Gasteiger partial charge in [-0.2, -0.15) is 0 Å². The Labute approximate surface area is 176 Å². The molecule has 1 amide bonds. The lowest BCUT2D eigenvalue weighted by molar-refractivity contribution is 0.0932. The van der Waals surface area contributed by atoms with E-state index in [1.807, 2.05) is 34.9 Å². The summed E-state index contributed by atoms with van der Waals surface area (Å²) in [7, 11) is 0. The van der Waals surface area contributed by atoms with Crippen LogP contribution in [0.2, 0.25) is 0 Å². The Hall–Kier alpha value is -2.99. The molecule has 3 heterocycles. The van der Waals surface area contributed by atoms with E-state index < -0.39 is 0 Å². The topological polar surface area (TPSA) is 63.1 Å². The predicted molar refractivity (Wildman–Crippen MR) is 115 cm³/mol. The number of aromatic nitrogens is 3. The fourth-order valence-corrected chi connectivity index (χ4v) is 4.76. The normalized spacial score (nSPS) is 20.5. The predicted octanol–water partition coefficient (Wildman–Crippen LogP) is 2.55. The molecule has 30 heavy (non-hydrogen) atoms. The summed E-state index contributed by atoms with van der Waals surface area (Å²) >= 11 is 0. The molecule has 0 saturated carbocycles. The Morgan fingerprint density at radius 3 is 2.37 bits per heavy atom. The van der Waals surface area contributed by atoms with Gasteiger partial charge >= 0.3 is 0 Å². The zero-order valence-electron chi connectivity index (χ0n) is 17.1. The maximum atomic E-state index is 12.7. The number of carbonyl (C=O) groups is 1. The third kappa shape index (κ3) is 4.00. The fourth-order valence-electron chi connectivity index (χ4n) is 4.76. The lowest BCUT2D eigenvalue weighted by Gasteiger charge is -2.25. The molecule has 0 spiro atoms. The van der Waals surface area contributed by atoms with Crippen LogP contribution in [-0.4, -0.2) is 45.2 Å². The van der Waals surface area contributed by atoms with Gasteiger partial charge in [0, 0.05) is 39.1 Å². The van der Waals surface area contributed by atoms with E-state index in [4.69, 9.17) is 0 Å². The van der Waals surface area contributed by atoms with Crippen LogP contribution in [0.25, 0.3) is 0 Å². The summed E-state index contributed by atoms with van der Waals surface area (Å²) in [6.07, 6.45) is 1.99. The molecule has 0 radical (unpaired) electrons. The van der Waals surface area contributed by atoms with Gasteiger partial charge in [0.2, 0.25) is 5.82 Å². The first-order chi connectivity index (χ1) is 14.8. The van der Waals surface area contributed by atoms with Gasteiger partial charge in [-0.3, -0.25) is 4.79 Å². The SMILES string of the molecule is O=C(NCc1ccccc1)c1nnc2n1CC1CN(CCc3ccccc3)CC1C2. The summed E-state index contributed by atoms with van der Waals surface area (Å²) in [5, 5.41) is 11.6. The fraction of sp³-hybridized carbons (Fsp3) is 0.375. The monoisotopic (exact) mass is 401 g/mol. The Balaban J connectivity index is 1.20. The highest BCUT2D eigenvalue weighted by atomic mass is 16.2. The van der Waals surface area contributed by atoms with Crippen molar-refractivity contribution in [3.8, 4) is 0 Å². The molecule has 1 saturated heterocycles. The third-order valence-electron chi connectivity index (χ3n) is 6.40. The Kier molecular flexibility index (Phi) is 5.32. The second-order valence-electron chi connectivity index (χ2n) is 8.44. The molecule has 0 bridgehead atoms. The van der Waals surface area contributed by atoms with Crippen LogP contribution in [0.1, 0.15) is 27.6 Å². The summed E-state index contributed by atoms with van der Waals surface area (Å²) in [6.45, 7) is 4.62. The van der Waals surface area contributed by atoms with Crippen molar-refractivity contribution in [1.29, 1.82) is 0 Å². The summed E-state index contributed by atoms with van der Waals surface area (Å²) in [5.41, 5.74) is 2.47. The molecule has 1 aromatic heterocycles. The molecule has 0 aliphatic carbocycles. The molecule has 6 nitrogen and oxygen atoms in total. The first-order valence-electron chi connectivity index (χ1n) is 10.8. The van der Waals surface area contributed by atoms with Gasteiger partial charge in [-0.05, 0) is 29.4 Å². The van der Waals surface area contributed by atoms with E-state index in [2.05, 4.69) is 50.7 Å². The van der Waals surface area contributed by atoms with Gasteiger partial charge in [0.25, 0.3) is 5.91 Å². The van der Waals surface area contributed by atoms with E-state index >= 15 is 0 Å². The summed E-state index contributed by atoms with van der Waals surface area (Å²) in [5.74, 6) is 2.42. The van der Waals surface area contributed by atoms with Crippen molar-refractivity contribution in [2.24, 2.45) is 11.8 Å². The largest absolute Gasteiger partial charge is 0.345 e. The zero-order valence-corrected chi connectivity index (χ0v) is 17.1. The van der Waals surface area contributed by atoms with E-state index in [0.29, 0.717) is 24.2 Å². The van der Waals surface area contributed by atoms with Gasteiger partial charge in [-0.25, -0.2) is 0 Å². The van der Waals surface area contributed by atoms with Crippen LogP contribution in [0.4, 0.5) is 0 Å². The number of amides is 1. The van der Waals surface area contributed by atoms with Crippen molar-refractivity contribution in [1.82, 2.24) is 25.0 Å². The summed E-state index contributed by atoms with van der Waals surface area (Å²) < 4.78 is 2.04. The molecule has 2 aliphatic heterocycles. The second kappa shape index (κ2) is 8.40. The molecule has 1 N–H and O–H groups in total. The van der Waals surface area contributed by atoms with E-state index in [9.17, 15) is 4.79 Å². The van der Waals surface area contributed by atoms with Gasteiger partial charge in [0.05, 0.1) is 0 Å². The van der Waals surface area contributed by atoms with E-state index in [1.165, 1.54) is 5.56 Å². The summed E-state index contributed by atoms with van der Waals surface area (Å²) in [6, 6.07) is 20.6.